The maximum atomic E-state index is 5.74. The summed E-state index contributed by atoms with van der Waals surface area (Å²) in [5, 5.41) is 0. The van der Waals surface area contributed by atoms with Crippen molar-refractivity contribution in [2.45, 2.75) is 13.1 Å². The van der Waals surface area contributed by atoms with E-state index in [0.29, 0.717) is 24.5 Å². The molecule has 0 N–H and O–H groups in total. The maximum absolute atomic E-state index is 5.74. The Hall–Kier alpha value is -4.19. The molecule has 0 amide bonds. The SMILES string of the molecule is C=Cc1cc(-c2cocn2)c(OC)cc1N(Cc1ccc(OC)cc1)Cc1ccc(OC)cc1. The lowest BCUT2D eigenvalue weighted by molar-refractivity contribution is 0.414. The lowest BCUT2D eigenvalue weighted by Crippen LogP contribution is -2.23. The fraction of sp³-hybridized carbons (Fsp3) is 0.179. The molecule has 0 atom stereocenters. The van der Waals surface area contributed by atoms with Crippen molar-refractivity contribution in [3.05, 3.63) is 96.6 Å². The van der Waals surface area contributed by atoms with Crippen molar-refractivity contribution in [3.63, 3.8) is 0 Å². The largest absolute Gasteiger partial charge is 0.497 e. The molecule has 0 aliphatic carbocycles. The second-order valence-electron chi connectivity index (χ2n) is 7.74. The number of ether oxygens (including phenoxy) is 3. The van der Waals surface area contributed by atoms with E-state index in [9.17, 15) is 0 Å². The van der Waals surface area contributed by atoms with Gasteiger partial charge in [-0.3, -0.25) is 0 Å². The Balaban J connectivity index is 1.76. The summed E-state index contributed by atoms with van der Waals surface area (Å²) in [5.74, 6) is 2.37. The van der Waals surface area contributed by atoms with Crippen LogP contribution in [0.25, 0.3) is 17.3 Å². The minimum Gasteiger partial charge on any atom is -0.497 e. The van der Waals surface area contributed by atoms with Gasteiger partial charge in [-0.25, -0.2) is 4.98 Å². The topological polar surface area (TPSA) is 57.0 Å². The number of hydrogen-bond acceptors (Lipinski definition) is 6. The van der Waals surface area contributed by atoms with E-state index in [1.54, 1.807) is 27.6 Å². The summed E-state index contributed by atoms with van der Waals surface area (Å²) in [6, 6.07) is 20.3. The number of aromatic nitrogens is 1. The van der Waals surface area contributed by atoms with Gasteiger partial charge < -0.3 is 23.5 Å². The van der Waals surface area contributed by atoms with Gasteiger partial charge in [-0.05, 0) is 47.0 Å². The van der Waals surface area contributed by atoms with Gasteiger partial charge in [0.15, 0.2) is 6.39 Å². The Kier molecular flexibility index (Phi) is 7.18. The highest BCUT2D eigenvalue weighted by Gasteiger charge is 2.18. The van der Waals surface area contributed by atoms with Crippen LogP contribution in [0.2, 0.25) is 0 Å². The van der Waals surface area contributed by atoms with Crippen LogP contribution in [0.1, 0.15) is 16.7 Å². The molecule has 0 radical (unpaired) electrons. The van der Waals surface area contributed by atoms with Gasteiger partial charge >= 0.3 is 0 Å². The molecule has 174 valence electrons. The third-order valence-corrected chi connectivity index (χ3v) is 5.68. The van der Waals surface area contributed by atoms with E-state index >= 15 is 0 Å². The normalized spacial score (nSPS) is 10.6. The minimum absolute atomic E-state index is 0.684. The Morgan fingerprint density at radius 1 is 0.853 bits per heavy atom. The molecular formula is C28H28N2O4. The molecule has 0 bridgehead atoms. The van der Waals surface area contributed by atoms with Crippen molar-refractivity contribution in [3.8, 4) is 28.5 Å². The number of anilines is 1. The standard InChI is InChI=1S/C28H28N2O4/c1-5-22-14-25(26-18-34-19-29-26)28(33-4)15-27(22)30(16-20-6-10-23(31-2)11-7-20)17-21-8-12-24(32-3)13-9-21/h5-15,18-19H,1,16-17H2,2-4H3. The highest BCUT2D eigenvalue weighted by molar-refractivity contribution is 5.79. The van der Waals surface area contributed by atoms with Crippen molar-refractivity contribution in [2.24, 2.45) is 0 Å². The summed E-state index contributed by atoms with van der Waals surface area (Å²) < 4.78 is 21.6. The van der Waals surface area contributed by atoms with Crippen LogP contribution < -0.4 is 19.1 Å². The van der Waals surface area contributed by atoms with Crippen LogP contribution in [0.4, 0.5) is 5.69 Å². The number of rotatable bonds is 10. The lowest BCUT2D eigenvalue weighted by atomic mass is 10.0. The van der Waals surface area contributed by atoms with Gasteiger partial charge in [-0.1, -0.05) is 36.9 Å². The summed E-state index contributed by atoms with van der Waals surface area (Å²) >= 11 is 0. The number of methoxy groups -OCH3 is 3. The van der Waals surface area contributed by atoms with Crippen molar-refractivity contribution in [1.82, 2.24) is 4.98 Å². The molecule has 0 saturated carbocycles. The molecule has 4 rings (SSSR count). The smallest absolute Gasteiger partial charge is 0.181 e. The van der Waals surface area contributed by atoms with Gasteiger partial charge in [0.05, 0.1) is 21.3 Å². The molecule has 0 aliphatic heterocycles. The second kappa shape index (κ2) is 10.6. The number of benzene rings is 3. The highest BCUT2D eigenvalue weighted by Crippen LogP contribution is 2.37. The Morgan fingerprint density at radius 3 is 1.88 bits per heavy atom. The van der Waals surface area contributed by atoms with Crippen LogP contribution in [0.3, 0.4) is 0 Å². The molecule has 1 heterocycles. The molecule has 6 heteroatoms. The van der Waals surface area contributed by atoms with Crippen LogP contribution in [0.5, 0.6) is 17.2 Å². The Morgan fingerprint density at radius 2 is 1.44 bits per heavy atom. The van der Waals surface area contributed by atoms with E-state index in [2.05, 4.69) is 40.7 Å². The summed E-state index contributed by atoms with van der Waals surface area (Å²) in [5.41, 5.74) is 5.85. The maximum Gasteiger partial charge on any atom is 0.181 e. The molecule has 0 aliphatic rings. The van der Waals surface area contributed by atoms with E-state index in [1.165, 1.54) is 6.39 Å². The van der Waals surface area contributed by atoms with Crippen molar-refractivity contribution >= 4 is 11.8 Å². The fourth-order valence-corrected chi connectivity index (χ4v) is 3.87. The van der Waals surface area contributed by atoms with Gasteiger partial charge in [0, 0.05) is 30.4 Å². The Bertz CT molecular complexity index is 1170. The molecule has 0 fully saturated rings. The first-order valence-electron chi connectivity index (χ1n) is 10.9. The molecule has 3 aromatic carbocycles. The molecule has 6 nitrogen and oxygen atoms in total. The summed E-state index contributed by atoms with van der Waals surface area (Å²) in [7, 11) is 5.00. The predicted molar refractivity (Wildman–Crippen MR) is 134 cm³/mol. The first-order chi connectivity index (χ1) is 16.6. The third-order valence-electron chi connectivity index (χ3n) is 5.68. The van der Waals surface area contributed by atoms with Gasteiger partial charge in [0.1, 0.15) is 29.2 Å². The molecule has 0 saturated heterocycles. The zero-order valence-electron chi connectivity index (χ0n) is 19.7. The summed E-state index contributed by atoms with van der Waals surface area (Å²) in [6.45, 7) is 5.43. The van der Waals surface area contributed by atoms with Gasteiger partial charge in [0.2, 0.25) is 0 Å². The molecule has 1 aromatic heterocycles. The Labute approximate surface area is 200 Å². The molecule has 0 spiro atoms. The minimum atomic E-state index is 0.684. The third kappa shape index (κ3) is 5.07. The molecule has 0 unspecified atom stereocenters. The average Bonchev–Trinajstić information content (AvgIpc) is 3.43. The van der Waals surface area contributed by atoms with Gasteiger partial charge in [-0.15, -0.1) is 0 Å². The lowest BCUT2D eigenvalue weighted by Gasteiger charge is -2.28. The van der Waals surface area contributed by atoms with Crippen LogP contribution in [-0.4, -0.2) is 26.3 Å². The zero-order chi connectivity index (χ0) is 23.9. The van der Waals surface area contributed by atoms with E-state index in [-0.39, 0.29) is 0 Å². The van der Waals surface area contributed by atoms with Gasteiger partial charge in [-0.2, -0.15) is 0 Å². The summed E-state index contributed by atoms with van der Waals surface area (Å²) in [4.78, 5) is 6.60. The second-order valence-corrected chi connectivity index (χ2v) is 7.74. The first kappa shape index (κ1) is 23.0. The summed E-state index contributed by atoms with van der Waals surface area (Å²) in [6.07, 6.45) is 4.88. The number of hydrogen-bond donors (Lipinski definition) is 0. The van der Waals surface area contributed by atoms with Crippen molar-refractivity contribution < 1.29 is 18.6 Å². The first-order valence-corrected chi connectivity index (χ1v) is 10.9. The average molecular weight is 457 g/mol. The fourth-order valence-electron chi connectivity index (χ4n) is 3.87. The zero-order valence-corrected chi connectivity index (χ0v) is 19.7. The quantitative estimate of drug-likeness (QED) is 0.282. The van der Waals surface area contributed by atoms with Crippen LogP contribution in [0, 0.1) is 0 Å². The van der Waals surface area contributed by atoms with Crippen LogP contribution >= 0.6 is 0 Å². The number of oxazole rings is 1. The molecule has 4 aromatic rings. The van der Waals surface area contributed by atoms with Gasteiger partial charge in [0.25, 0.3) is 0 Å². The van der Waals surface area contributed by atoms with Crippen LogP contribution in [0.15, 0.2) is 84.3 Å². The van der Waals surface area contributed by atoms with E-state index in [0.717, 1.165) is 39.4 Å². The van der Waals surface area contributed by atoms with E-state index in [4.69, 9.17) is 18.6 Å². The molecule has 34 heavy (non-hydrogen) atoms. The van der Waals surface area contributed by atoms with Crippen molar-refractivity contribution in [1.29, 1.82) is 0 Å². The predicted octanol–water partition coefficient (Wildman–Crippen LogP) is 6.22. The van der Waals surface area contributed by atoms with E-state index < -0.39 is 0 Å². The monoisotopic (exact) mass is 456 g/mol. The molecular weight excluding hydrogens is 428 g/mol. The number of nitrogens with zero attached hydrogens (tertiary/aromatic N) is 2. The van der Waals surface area contributed by atoms with E-state index in [1.807, 2.05) is 42.5 Å². The van der Waals surface area contributed by atoms with Crippen LogP contribution in [-0.2, 0) is 13.1 Å². The van der Waals surface area contributed by atoms with Crippen molar-refractivity contribution in [2.75, 3.05) is 26.2 Å². The highest BCUT2D eigenvalue weighted by atomic mass is 16.5.